The van der Waals surface area contributed by atoms with E-state index in [1.165, 1.54) is 20.8 Å². The van der Waals surface area contributed by atoms with Crippen molar-refractivity contribution in [2.75, 3.05) is 18.5 Å². The maximum Gasteiger partial charge on any atom is 0.269 e. The molecule has 5 nitrogen and oxygen atoms in total. The largest absolute Gasteiger partial charge is 0.311 e. The van der Waals surface area contributed by atoms with E-state index in [4.69, 9.17) is 0 Å². The quantitative estimate of drug-likeness (QED) is 0.632. The smallest absolute Gasteiger partial charge is 0.269 e. The van der Waals surface area contributed by atoms with Gasteiger partial charge in [-0.2, -0.15) is 4.31 Å². The molecule has 150 valence electrons. The highest BCUT2D eigenvalue weighted by molar-refractivity contribution is 7.89. The molecule has 1 aliphatic rings. The first kappa shape index (κ1) is 19.8. The van der Waals surface area contributed by atoms with Crippen molar-refractivity contribution in [3.05, 3.63) is 81.5 Å². The zero-order valence-electron chi connectivity index (χ0n) is 16.3. The summed E-state index contributed by atoms with van der Waals surface area (Å²) in [6.45, 7) is 2.72. The lowest BCUT2D eigenvalue weighted by atomic mass is 10.0. The Morgan fingerprint density at radius 2 is 1.72 bits per heavy atom. The summed E-state index contributed by atoms with van der Waals surface area (Å²) in [7, 11) is -2.10. The number of thiophene rings is 1. The standard InChI is InChI=1S/C22H22N2O3S2/c1-16-7-9-19(10-8-16)23(2)22(25)21-20(12-14-28-21)29(26,27)24-13-11-17-5-3-4-6-18(17)15-24/h3-10,12,14H,11,13,15H2,1-2H3. The number of aryl methyl sites for hydroxylation is 1. The van der Waals surface area contributed by atoms with Crippen molar-refractivity contribution in [2.24, 2.45) is 0 Å². The summed E-state index contributed by atoms with van der Waals surface area (Å²) in [6.07, 6.45) is 0.673. The monoisotopic (exact) mass is 426 g/mol. The van der Waals surface area contributed by atoms with Crippen molar-refractivity contribution in [3.8, 4) is 0 Å². The van der Waals surface area contributed by atoms with E-state index in [-0.39, 0.29) is 15.7 Å². The number of hydrogen-bond donors (Lipinski definition) is 0. The molecular formula is C22H22N2O3S2. The molecule has 0 aliphatic carbocycles. The van der Waals surface area contributed by atoms with Crippen molar-refractivity contribution in [3.63, 3.8) is 0 Å². The molecule has 0 saturated carbocycles. The molecule has 0 spiro atoms. The van der Waals surface area contributed by atoms with Crippen LogP contribution in [-0.4, -0.2) is 32.2 Å². The summed E-state index contributed by atoms with van der Waals surface area (Å²) >= 11 is 1.16. The van der Waals surface area contributed by atoms with Crippen molar-refractivity contribution in [1.29, 1.82) is 0 Å². The highest BCUT2D eigenvalue weighted by atomic mass is 32.2. The average molecular weight is 427 g/mol. The van der Waals surface area contributed by atoms with Gasteiger partial charge in [0.25, 0.3) is 5.91 Å². The molecule has 0 radical (unpaired) electrons. The molecule has 0 unspecified atom stereocenters. The molecule has 0 bridgehead atoms. The van der Waals surface area contributed by atoms with Crippen LogP contribution >= 0.6 is 11.3 Å². The van der Waals surface area contributed by atoms with Crippen molar-refractivity contribution in [1.82, 2.24) is 4.31 Å². The van der Waals surface area contributed by atoms with E-state index in [0.29, 0.717) is 19.5 Å². The highest BCUT2D eigenvalue weighted by Gasteiger charge is 2.33. The van der Waals surface area contributed by atoms with E-state index in [1.54, 1.807) is 12.4 Å². The highest BCUT2D eigenvalue weighted by Crippen LogP contribution is 2.31. The van der Waals surface area contributed by atoms with Gasteiger partial charge in [0.2, 0.25) is 10.0 Å². The van der Waals surface area contributed by atoms with Gasteiger partial charge in [0.05, 0.1) is 0 Å². The Bertz CT molecular complexity index is 1150. The molecule has 4 rings (SSSR count). The van der Waals surface area contributed by atoms with Crippen LogP contribution < -0.4 is 4.90 Å². The fourth-order valence-corrected chi connectivity index (χ4v) is 6.30. The van der Waals surface area contributed by atoms with Crippen LogP contribution in [0.5, 0.6) is 0 Å². The van der Waals surface area contributed by atoms with E-state index in [2.05, 4.69) is 0 Å². The van der Waals surface area contributed by atoms with E-state index in [0.717, 1.165) is 28.2 Å². The van der Waals surface area contributed by atoms with Gasteiger partial charge in [0.1, 0.15) is 9.77 Å². The fourth-order valence-electron chi connectivity index (χ4n) is 3.51. The second-order valence-electron chi connectivity index (χ2n) is 7.17. The summed E-state index contributed by atoms with van der Waals surface area (Å²) in [4.78, 5) is 14.9. The molecule has 1 aromatic heterocycles. The zero-order valence-corrected chi connectivity index (χ0v) is 18.0. The summed E-state index contributed by atoms with van der Waals surface area (Å²) < 4.78 is 28.2. The molecule has 3 aromatic rings. The van der Waals surface area contributed by atoms with E-state index in [9.17, 15) is 13.2 Å². The lowest BCUT2D eigenvalue weighted by Crippen LogP contribution is -2.37. The minimum atomic E-state index is -3.76. The summed E-state index contributed by atoms with van der Waals surface area (Å²) in [6, 6.07) is 17.0. The van der Waals surface area contributed by atoms with Gasteiger partial charge in [-0.25, -0.2) is 8.42 Å². The van der Waals surface area contributed by atoms with Gasteiger partial charge in [-0.3, -0.25) is 4.79 Å². The van der Waals surface area contributed by atoms with Crippen LogP contribution in [0.25, 0.3) is 0 Å². The topological polar surface area (TPSA) is 57.7 Å². The number of carbonyl (C=O) groups is 1. The third kappa shape index (κ3) is 3.73. The lowest BCUT2D eigenvalue weighted by Gasteiger charge is -2.28. The molecular weight excluding hydrogens is 404 g/mol. The maximum absolute atomic E-state index is 13.3. The average Bonchev–Trinajstić information content (AvgIpc) is 3.23. The van der Waals surface area contributed by atoms with Gasteiger partial charge in [-0.15, -0.1) is 11.3 Å². The Hall–Kier alpha value is -2.48. The van der Waals surface area contributed by atoms with E-state index < -0.39 is 10.0 Å². The lowest BCUT2D eigenvalue weighted by molar-refractivity contribution is 0.0994. The number of hydrogen-bond acceptors (Lipinski definition) is 4. The van der Waals surface area contributed by atoms with Crippen molar-refractivity contribution in [2.45, 2.75) is 24.8 Å². The molecule has 0 saturated heterocycles. The predicted octanol–water partition coefficient (Wildman–Crippen LogP) is 4.08. The number of benzene rings is 2. The summed E-state index contributed by atoms with van der Waals surface area (Å²) in [5, 5.41) is 1.67. The SMILES string of the molecule is Cc1ccc(N(C)C(=O)c2sccc2S(=O)(=O)N2CCc3ccccc3C2)cc1. The van der Waals surface area contributed by atoms with Crippen LogP contribution in [0.2, 0.25) is 0 Å². The molecule has 0 N–H and O–H groups in total. The summed E-state index contributed by atoms with van der Waals surface area (Å²) in [5.74, 6) is -0.320. The first-order valence-electron chi connectivity index (χ1n) is 9.37. The van der Waals surface area contributed by atoms with Crippen molar-refractivity contribution < 1.29 is 13.2 Å². The summed E-state index contributed by atoms with van der Waals surface area (Å²) in [5.41, 5.74) is 4.02. The second-order valence-corrected chi connectivity index (χ2v) is 9.99. The Balaban J connectivity index is 1.63. The van der Waals surface area contributed by atoms with Gasteiger partial charge in [-0.05, 0) is 48.1 Å². The van der Waals surface area contributed by atoms with Crippen molar-refractivity contribution >= 4 is 33.0 Å². The zero-order chi connectivity index (χ0) is 20.6. The minimum absolute atomic E-state index is 0.0887. The first-order chi connectivity index (χ1) is 13.9. The molecule has 1 aliphatic heterocycles. The number of anilines is 1. The molecule has 7 heteroatoms. The molecule has 2 heterocycles. The number of rotatable bonds is 4. The maximum atomic E-state index is 13.3. The molecule has 2 aromatic carbocycles. The molecule has 0 atom stereocenters. The van der Waals surface area contributed by atoms with Gasteiger partial charge in [0, 0.05) is 25.8 Å². The Morgan fingerprint density at radius 1 is 1.03 bits per heavy atom. The minimum Gasteiger partial charge on any atom is -0.311 e. The van der Waals surface area contributed by atoms with Crippen LogP contribution in [-0.2, 0) is 23.0 Å². The second kappa shape index (κ2) is 7.74. The van der Waals surface area contributed by atoms with Crippen LogP contribution in [0, 0.1) is 6.92 Å². The first-order valence-corrected chi connectivity index (χ1v) is 11.7. The third-order valence-corrected chi connectivity index (χ3v) is 8.18. The van der Waals surface area contributed by atoms with Crippen LogP contribution in [0.15, 0.2) is 64.9 Å². The fraction of sp³-hybridized carbons (Fsp3) is 0.227. The molecule has 0 fully saturated rings. The van der Waals surface area contributed by atoms with Gasteiger partial charge in [-0.1, -0.05) is 42.0 Å². The Labute approximate surface area is 175 Å². The number of fused-ring (bicyclic) bond motifs is 1. The van der Waals surface area contributed by atoms with Crippen LogP contribution in [0.3, 0.4) is 0 Å². The number of amides is 1. The Morgan fingerprint density at radius 3 is 2.45 bits per heavy atom. The van der Waals surface area contributed by atoms with Gasteiger partial charge >= 0.3 is 0 Å². The van der Waals surface area contributed by atoms with Gasteiger partial charge in [0.15, 0.2) is 0 Å². The number of sulfonamides is 1. The third-order valence-electron chi connectivity index (χ3n) is 5.26. The van der Waals surface area contributed by atoms with E-state index >= 15 is 0 Å². The number of carbonyl (C=O) groups excluding carboxylic acids is 1. The Kier molecular flexibility index (Phi) is 5.29. The van der Waals surface area contributed by atoms with Gasteiger partial charge < -0.3 is 4.90 Å². The normalized spacial score (nSPS) is 14.4. The van der Waals surface area contributed by atoms with Crippen LogP contribution in [0.1, 0.15) is 26.4 Å². The van der Waals surface area contributed by atoms with E-state index in [1.807, 2.05) is 55.5 Å². The molecule has 29 heavy (non-hydrogen) atoms. The molecule has 1 amide bonds. The van der Waals surface area contributed by atoms with Crippen LogP contribution in [0.4, 0.5) is 5.69 Å². The predicted molar refractivity (Wildman–Crippen MR) is 116 cm³/mol. The number of nitrogens with zero attached hydrogens (tertiary/aromatic N) is 2.